The first kappa shape index (κ1) is 22.1. The number of alkyl carbamates (subject to hydrolysis) is 1. The number of carbonyl (C=O) groups excluding carboxylic acids is 3. The van der Waals surface area contributed by atoms with E-state index < -0.39 is 12.1 Å². The third kappa shape index (κ3) is 6.19. The Hall–Kier alpha value is -2.16. The number of carbonyl (C=O) groups is 3. The van der Waals surface area contributed by atoms with E-state index in [1.54, 1.807) is 24.1 Å². The Bertz CT molecular complexity index is 688. The van der Waals surface area contributed by atoms with Crippen LogP contribution in [0.3, 0.4) is 0 Å². The van der Waals surface area contributed by atoms with Crippen LogP contribution in [0.15, 0.2) is 22.8 Å². The minimum atomic E-state index is -0.642. The summed E-state index contributed by atoms with van der Waals surface area (Å²) in [6.07, 6.45) is 2.17. The first-order chi connectivity index (χ1) is 13.3. The van der Waals surface area contributed by atoms with Gasteiger partial charge in [0.05, 0.1) is 6.61 Å². The van der Waals surface area contributed by atoms with Gasteiger partial charge in [-0.2, -0.15) is 0 Å². The molecule has 0 bridgehead atoms. The molecule has 1 fully saturated rings. The molecule has 1 aromatic heterocycles. The van der Waals surface area contributed by atoms with Gasteiger partial charge in [-0.15, -0.1) is 0 Å². The number of anilines is 1. The fourth-order valence-electron chi connectivity index (χ4n) is 3.05. The van der Waals surface area contributed by atoms with Crippen LogP contribution in [0.2, 0.25) is 0 Å². The maximum Gasteiger partial charge on any atom is 0.407 e. The normalized spacial score (nSPS) is 15.8. The number of likely N-dealkylation sites (tertiary alicyclic amines) is 1. The molecule has 1 saturated heterocycles. The van der Waals surface area contributed by atoms with E-state index in [9.17, 15) is 14.4 Å². The molecule has 1 atom stereocenters. The summed E-state index contributed by atoms with van der Waals surface area (Å²) in [5.41, 5.74) is 0. The van der Waals surface area contributed by atoms with E-state index in [4.69, 9.17) is 4.74 Å². The van der Waals surface area contributed by atoms with Gasteiger partial charge in [-0.25, -0.2) is 9.78 Å². The van der Waals surface area contributed by atoms with Gasteiger partial charge in [0, 0.05) is 29.7 Å². The zero-order valence-electron chi connectivity index (χ0n) is 16.4. The molecule has 1 aliphatic heterocycles. The molecule has 0 saturated carbocycles. The third-order valence-electron chi connectivity index (χ3n) is 4.64. The molecular formula is C19H27BrN4O4. The van der Waals surface area contributed by atoms with E-state index in [-0.39, 0.29) is 30.3 Å². The van der Waals surface area contributed by atoms with Crippen LogP contribution in [-0.2, 0) is 14.3 Å². The summed E-state index contributed by atoms with van der Waals surface area (Å²) in [6.45, 7) is 6.65. The average molecular weight is 455 g/mol. The number of halogens is 1. The van der Waals surface area contributed by atoms with Gasteiger partial charge in [-0.3, -0.25) is 9.59 Å². The smallest absolute Gasteiger partial charge is 0.407 e. The minimum absolute atomic E-state index is 0.0681. The van der Waals surface area contributed by atoms with Crippen LogP contribution in [0.25, 0.3) is 0 Å². The van der Waals surface area contributed by atoms with Crippen LogP contribution < -0.4 is 10.6 Å². The standard InChI is InChI=1S/C19H27BrN4O4/c1-4-28-19(27)23-16(12(2)3)18(26)24-9-7-13(8-10-24)17(25)22-15-6-5-14(20)11-21-15/h5-6,11-13,16H,4,7-10H2,1-3H3,(H,23,27)(H,21,22,25). The van der Waals surface area contributed by atoms with E-state index >= 15 is 0 Å². The lowest BCUT2D eigenvalue weighted by Crippen LogP contribution is -2.53. The van der Waals surface area contributed by atoms with Gasteiger partial charge in [-0.05, 0) is 53.7 Å². The number of ether oxygens (including phenoxy) is 1. The number of nitrogens with zero attached hydrogens (tertiary/aromatic N) is 2. The Labute approximate surface area is 173 Å². The molecular weight excluding hydrogens is 428 g/mol. The Morgan fingerprint density at radius 3 is 2.50 bits per heavy atom. The van der Waals surface area contributed by atoms with E-state index in [0.717, 1.165) is 4.47 Å². The van der Waals surface area contributed by atoms with Crippen molar-refractivity contribution in [2.24, 2.45) is 11.8 Å². The molecule has 1 aromatic rings. The summed E-state index contributed by atoms with van der Waals surface area (Å²) >= 11 is 3.31. The van der Waals surface area contributed by atoms with Gasteiger partial charge in [0.2, 0.25) is 11.8 Å². The lowest BCUT2D eigenvalue weighted by atomic mass is 9.94. The van der Waals surface area contributed by atoms with Crippen LogP contribution in [0.5, 0.6) is 0 Å². The number of amides is 3. The Morgan fingerprint density at radius 2 is 1.96 bits per heavy atom. The fourth-order valence-corrected chi connectivity index (χ4v) is 3.28. The summed E-state index contributed by atoms with van der Waals surface area (Å²) in [5, 5.41) is 5.46. The van der Waals surface area contributed by atoms with Crippen molar-refractivity contribution in [1.29, 1.82) is 0 Å². The molecule has 3 amide bonds. The summed E-state index contributed by atoms with van der Waals surface area (Å²) < 4.78 is 5.73. The number of hydrogen-bond donors (Lipinski definition) is 2. The number of nitrogens with one attached hydrogen (secondary N) is 2. The molecule has 1 unspecified atom stereocenters. The van der Waals surface area contributed by atoms with Crippen molar-refractivity contribution in [2.75, 3.05) is 25.0 Å². The minimum Gasteiger partial charge on any atom is -0.450 e. The van der Waals surface area contributed by atoms with Crippen molar-refractivity contribution < 1.29 is 19.1 Å². The molecule has 0 aliphatic carbocycles. The molecule has 28 heavy (non-hydrogen) atoms. The van der Waals surface area contributed by atoms with Crippen LogP contribution in [-0.4, -0.2) is 53.5 Å². The molecule has 154 valence electrons. The zero-order valence-corrected chi connectivity index (χ0v) is 18.0. The van der Waals surface area contributed by atoms with E-state index in [1.165, 1.54) is 0 Å². The second-order valence-electron chi connectivity index (χ2n) is 7.04. The number of pyridine rings is 1. The predicted octanol–water partition coefficient (Wildman–Crippen LogP) is 2.79. The highest BCUT2D eigenvalue weighted by Gasteiger charge is 2.33. The average Bonchev–Trinajstić information content (AvgIpc) is 2.67. The Balaban J connectivity index is 1.88. The molecule has 2 heterocycles. The second-order valence-corrected chi connectivity index (χ2v) is 7.95. The van der Waals surface area contributed by atoms with Crippen LogP contribution in [0, 0.1) is 11.8 Å². The van der Waals surface area contributed by atoms with Crippen molar-refractivity contribution in [3.63, 3.8) is 0 Å². The van der Waals surface area contributed by atoms with Crippen molar-refractivity contribution in [1.82, 2.24) is 15.2 Å². The van der Waals surface area contributed by atoms with Gasteiger partial charge in [0.25, 0.3) is 0 Å². The number of piperidine rings is 1. The van der Waals surface area contributed by atoms with Crippen molar-refractivity contribution in [3.05, 3.63) is 22.8 Å². The quantitative estimate of drug-likeness (QED) is 0.687. The number of hydrogen-bond acceptors (Lipinski definition) is 5. The van der Waals surface area contributed by atoms with Crippen LogP contribution in [0.1, 0.15) is 33.6 Å². The lowest BCUT2D eigenvalue weighted by Gasteiger charge is -2.34. The van der Waals surface area contributed by atoms with Gasteiger partial charge < -0.3 is 20.3 Å². The summed E-state index contributed by atoms with van der Waals surface area (Å²) in [7, 11) is 0. The highest BCUT2D eigenvalue weighted by Crippen LogP contribution is 2.21. The first-order valence-corrected chi connectivity index (χ1v) is 10.3. The second kappa shape index (κ2) is 10.4. The molecule has 9 heteroatoms. The molecule has 1 aliphatic rings. The van der Waals surface area contributed by atoms with E-state index in [1.807, 2.05) is 19.9 Å². The highest BCUT2D eigenvalue weighted by molar-refractivity contribution is 9.10. The molecule has 2 N–H and O–H groups in total. The lowest BCUT2D eigenvalue weighted by molar-refractivity contribution is -0.137. The fraction of sp³-hybridized carbons (Fsp3) is 0.579. The maximum absolute atomic E-state index is 12.8. The SMILES string of the molecule is CCOC(=O)NC(C(=O)N1CCC(C(=O)Nc2ccc(Br)cn2)CC1)C(C)C. The third-order valence-corrected chi connectivity index (χ3v) is 5.11. The van der Waals surface area contributed by atoms with Gasteiger partial charge in [-0.1, -0.05) is 13.8 Å². The molecule has 8 nitrogen and oxygen atoms in total. The zero-order chi connectivity index (χ0) is 20.7. The maximum atomic E-state index is 12.8. The predicted molar refractivity (Wildman–Crippen MR) is 109 cm³/mol. The molecule has 0 aromatic carbocycles. The summed E-state index contributed by atoms with van der Waals surface area (Å²) in [6, 6.07) is 2.90. The molecule has 0 spiro atoms. The molecule has 2 rings (SSSR count). The number of rotatable bonds is 6. The monoisotopic (exact) mass is 454 g/mol. The summed E-state index contributed by atoms with van der Waals surface area (Å²) in [5.74, 6) is 0.0279. The van der Waals surface area contributed by atoms with E-state index in [2.05, 4.69) is 31.5 Å². The van der Waals surface area contributed by atoms with Gasteiger partial charge in [0.15, 0.2) is 0 Å². The van der Waals surface area contributed by atoms with Crippen molar-refractivity contribution in [2.45, 2.75) is 39.7 Å². The van der Waals surface area contributed by atoms with Gasteiger partial charge in [0.1, 0.15) is 11.9 Å². The van der Waals surface area contributed by atoms with E-state index in [0.29, 0.717) is 31.7 Å². The summed E-state index contributed by atoms with van der Waals surface area (Å²) in [4.78, 5) is 42.8. The number of aromatic nitrogens is 1. The van der Waals surface area contributed by atoms with Crippen LogP contribution in [0.4, 0.5) is 10.6 Å². The Morgan fingerprint density at radius 1 is 1.29 bits per heavy atom. The largest absolute Gasteiger partial charge is 0.450 e. The van der Waals surface area contributed by atoms with Crippen molar-refractivity contribution in [3.8, 4) is 0 Å². The Kier molecular flexibility index (Phi) is 8.22. The first-order valence-electron chi connectivity index (χ1n) is 9.46. The topological polar surface area (TPSA) is 101 Å². The van der Waals surface area contributed by atoms with Crippen molar-refractivity contribution >= 4 is 39.7 Å². The highest BCUT2D eigenvalue weighted by atomic mass is 79.9. The van der Waals surface area contributed by atoms with Crippen LogP contribution >= 0.6 is 15.9 Å². The van der Waals surface area contributed by atoms with Gasteiger partial charge >= 0.3 is 6.09 Å². The molecule has 0 radical (unpaired) electrons.